The van der Waals surface area contributed by atoms with E-state index in [9.17, 15) is 4.79 Å². The summed E-state index contributed by atoms with van der Waals surface area (Å²) in [7, 11) is 0. The predicted molar refractivity (Wildman–Crippen MR) is 88.0 cm³/mol. The molecular weight excluding hydrogens is 298 g/mol. The van der Waals surface area contributed by atoms with Gasteiger partial charge in [-0.05, 0) is 55.9 Å². The van der Waals surface area contributed by atoms with Gasteiger partial charge in [-0.1, -0.05) is 0 Å². The third kappa shape index (κ3) is 2.22. The van der Waals surface area contributed by atoms with Gasteiger partial charge in [-0.25, -0.2) is 0 Å². The molecule has 2 bridgehead atoms. The summed E-state index contributed by atoms with van der Waals surface area (Å²) in [6.45, 7) is 6.43. The minimum absolute atomic E-state index is 0. The Balaban J connectivity index is 0.00000125. The largest absolute Gasteiger partial charge is 0.340 e. The molecule has 5 aliphatic rings. The van der Waals surface area contributed by atoms with E-state index in [0.717, 1.165) is 69.0 Å². The monoisotopic (exact) mass is 325 g/mol. The summed E-state index contributed by atoms with van der Waals surface area (Å²) in [5.74, 6) is 4.39. The first-order valence-corrected chi connectivity index (χ1v) is 9.06. The first-order valence-electron chi connectivity index (χ1n) is 9.06. The van der Waals surface area contributed by atoms with Crippen LogP contribution in [0.25, 0.3) is 0 Å². The molecule has 5 atom stereocenters. The van der Waals surface area contributed by atoms with Gasteiger partial charge < -0.3 is 10.2 Å². The number of carbonyl (C=O) groups excluding carboxylic acids is 1. The Kier molecular flexibility index (Phi) is 3.90. The fourth-order valence-electron chi connectivity index (χ4n) is 6.12. The van der Waals surface area contributed by atoms with Crippen molar-refractivity contribution in [2.45, 2.75) is 31.7 Å². The number of piperazine rings is 1. The second-order valence-corrected chi connectivity index (χ2v) is 8.02. The number of hydrogen-bond donors (Lipinski definition) is 1. The quantitative estimate of drug-likeness (QED) is 0.829. The van der Waals surface area contributed by atoms with E-state index in [1.54, 1.807) is 0 Å². The molecular formula is C17H28ClN3O. The van der Waals surface area contributed by atoms with Crippen molar-refractivity contribution in [3.8, 4) is 0 Å². The van der Waals surface area contributed by atoms with E-state index in [-0.39, 0.29) is 12.4 Å². The van der Waals surface area contributed by atoms with Gasteiger partial charge in [-0.2, -0.15) is 0 Å². The Morgan fingerprint density at radius 2 is 1.64 bits per heavy atom. The Labute approximate surface area is 139 Å². The zero-order valence-corrected chi connectivity index (χ0v) is 14.1. The molecule has 2 heterocycles. The van der Waals surface area contributed by atoms with Crippen molar-refractivity contribution in [1.29, 1.82) is 0 Å². The maximum absolute atomic E-state index is 12.8. The first kappa shape index (κ1) is 15.2. The van der Waals surface area contributed by atoms with Gasteiger partial charge in [-0.15, -0.1) is 12.4 Å². The Hall–Kier alpha value is -0.320. The second kappa shape index (κ2) is 5.64. The zero-order valence-electron chi connectivity index (χ0n) is 13.2. The summed E-state index contributed by atoms with van der Waals surface area (Å²) in [5.41, 5.74) is 0. The van der Waals surface area contributed by atoms with Crippen LogP contribution < -0.4 is 5.32 Å². The SMILES string of the molecule is Cl.O=C(C1C2C3CCC(C3)C12)N1CCN(C2CCNC2)CC1. The molecule has 5 heteroatoms. The van der Waals surface area contributed by atoms with Gasteiger partial charge in [0.2, 0.25) is 5.91 Å². The van der Waals surface area contributed by atoms with Gasteiger partial charge >= 0.3 is 0 Å². The minimum Gasteiger partial charge on any atom is -0.340 e. The molecule has 5 rings (SSSR count). The van der Waals surface area contributed by atoms with Crippen molar-refractivity contribution in [3.63, 3.8) is 0 Å². The van der Waals surface area contributed by atoms with Gasteiger partial charge in [0.25, 0.3) is 0 Å². The third-order valence-corrected chi connectivity index (χ3v) is 7.20. The summed E-state index contributed by atoms with van der Waals surface area (Å²) in [6, 6.07) is 0.721. The van der Waals surface area contributed by atoms with Crippen LogP contribution in [-0.4, -0.2) is 61.0 Å². The van der Waals surface area contributed by atoms with Gasteiger partial charge in [0.15, 0.2) is 0 Å². The molecule has 3 saturated carbocycles. The maximum Gasteiger partial charge on any atom is 0.226 e. The van der Waals surface area contributed by atoms with Crippen LogP contribution in [0.15, 0.2) is 0 Å². The fraction of sp³-hybridized carbons (Fsp3) is 0.941. The fourth-order valence-corrected chi connectivity index (χ4v) is 6.12. The highest BCUT2D eigenvalue weighted by molar-refractivity contribution is 5.85. The van der Waals surface area contributed by atoms with Gasteiger partial charge in [-0.3, -0.25) is 9.69 Å². The summed E-state index contributed by atoms with van der Waals surface area (Å²) >= 11 is 0. The van der Waals surface area contributed by atoms with E-state index in [1.165, 1.54) is 25.7 Å². The number of rotatable bonds is 2. The molecule has 0 aromatic carbocycles. The van der Waals surface area contributed by atoms with Gasteiger partial charge in [0, 0.05) is 44.7 Å². The molecule has 2 aliphatic heterocycles. The van der Waals surface area contributed by atoms with E-state index in [4.69, 9.17) is 0 Å². The van der Waals surface area contributed by atoms with Crippen LogP contribution in [-0.2, 0) is 4.79 Å². The number of hydrogen-bond acceptors (Lipinski definition) is 3. The molecule has 0 aromatic heterocycles. The molecule has 124 valence electrons. The smallest absolute Gasteiger partial charge is 0.226 e. The topological polar surface area (TPSA) is 35.6 Å². The number of amides is 1. The number of halogens is 1. The van der Waals surface area contributed by atoms with Crippen LogP contribution >= 0.6 is 12.4 Å². The van der Waals surface area contributed by atoms with E-state index < -0.39 is 0 Å². The van der Waals surface area contributed by atoms with Gasteiger partial charge in [0.05, 0.1) is 0 Å². The van der Waals surface area contributed by atoms with Crippen molar-refractivity contribution in [2.75, 3.05) is 39.3 Å². The molecule has 4 nitrogen and oxygen atoms in total. The van der Waals surface area contributed by atoms with Crippen molar-refractivity contribution < 1.29 is 4.79 Å². The minimum atomic E-state index is 0. The summed E-state index contributed by atoms with van der Waals surface area (Å²) in [4.78, 5) is 17.6. The average molecular weight is 326 g/mol. The second-order valence-electron chi connectivity index (χ2n) is 8.02. The first-order chi connectivity index (χ1) is 10.3. The van der Waals surface area contributed by atoms with Crippen LogP contribution in [0.4, 0.5) is 0 Å². The highest BCUT2D eigenvalue weighted by Crippen LogP contribution is 2.69. The van der Waals surface area contributed by atoms with E-state index >= 15 is 0 Å². The van der Waals surface area contributed by atoms with Crippen LogP contribution in [0.2, 0.25) is 0 Å². The van der Waals surface area contributed by atoms with Gasteiger partial charge in [0.1, 0.15) is 0 Å². The maximum atomic E-state index is 12.8. The van der Waals surface area contributed by atoms with E-state index in [2.05, 4.69) is 15.1 Å². The molecule has 5 fully saturated rings. The molecule has 0 aromatic rings. The lowest BCUT2D eigenvalue weighted by Gasteiger charge is -2.38. The van der Waals surface area contributed by atoms with Crippen molar-refractivity contribution in [2.24, 2.45) is 29.6 Å². The molecule has 1 N–H and O–H groups in total. The lowest BCUT2D eigenvalue weighted by atomic mass is 10.0. The Bertz CT molecular complexity index is 429. The molecule has 22 heavy (non-hydrogen) atoms. The molecule has 2 saturated heterocycles. The summed E-state index contributed by atoms with van der Waals surface area (Å²) < 4.78 is 0. The molecule has 5 unspecified atom stereocenters. The number of nitrogens with one attached hydrogen (secondary N) is 1. The molecule has 3 aliphatic carbocycles. The van der Waals surface area contributed by atoms with Crippen LogP contribution in [0, 0.1) is 29.6 Å². The van der Waals surface area contributed by atoms with Crippen molar-refractivity contribution in [3.05, 3.63) is 0 Å². The normalized spacial score (nSPS) is 46.5. The highest BCUT2D eigenvalue weighted by Gasteiger charge is 2.68. The Morgan fingerprint density at radius 3 is 2.23 bits per heavy atom. The predicted octanol–water partition coefficient (Wildman–Crippen LogP) is 1.21. The number of carbonyl (C=O) groups is 1. The van der Waals surface area contributed by atoms with Crippen LogP contribution in [0.3, 0.4) is 0 Å². The average Bonchev–Trinajstić information content (AvgIpc) is 2.97. The van der Waals surface area contributed by atoms with Crippen LogP contribution in [0.1, 0.15) is 25.7 Å². The highest BCUT2D eigenvalue weighted by atomic mass is 35.5. The summed E-state index contributed by atoms with van der Waals surface area (Å²) in [5, 5.41) is 3.45. The molecule has 1 amide bonds. The lowest BCUT2D eigenvalue weighted by Crippen LogP contribution is -2.53. The third-order valence-electron chi connectivity index (χ3n) is 7.20. The van der Waals surface area contributed by atoms with E-state index in [1.807, 2.05) is 0 Å². The van der Waals surface area contributed by atoms with E-state index in [0.29, 0.717) is 11.8 Å². The standard InChI is InChI=1S/C17H27N3O.ClH/c21-17(16-14-11-1-2-12(9-11)15(14)16)20-7-5-19(6-8-20)13-3-4-18-10-13;/h11-16,18H,1-10H2;1H. The van der Waals surface area contributed by atoms with Crippen molar-refractivity contribution >= 4 is 18.3 Å². The summed E-state index contributed by atoms with van der Waals surface area (Å²) in [6.07, 6.45) is 5.56. The number of fused-ring (bicyclic) bond motifs is 5. The van der Waals surface area contributed by atoms with Crippen molar-refractivity contribution in [1.82, 2.24) is 15.1 Å². The number of nitrogens with zero attached hydrogens (tertiary/aromatic N) is 2. The van der Waals surface area contributed by atoms with Crippen LogP contribution in [0.5, 0.6) is 0 Å². The Morgan fingerprint density at radius 1 is 0.955 bits per heavy atom. The zero-order chi connectivity index (χ0) is 14.0. The lowest BCUT2D eigenvalue weighted by molar-refractivity contribution is -0.135. The molecule has 0 spiro atoms. The molecule has 0 radical (unpaired) electrons.